The molecule has 0 aromatic carbocycles. The van der Waals surface area contributed by atoms with E-state index in [1.807, 2.05) is 0 Å². The van der Waals surface area contributed by atoms with Gasteiger partial charge in [0.1, 0.15) is 6.10 Å². The Morgan fingerprint density at radius 3 is 1.53 bits per heavy atom. The fraction of sp³-hybridized carbons (Fsp3) is 0.857. The third-order valence-corrected chi connectivity index (χ3v) is 2.12. The van der Waals surface area contributed by atoms with Crippen molar-refractivity contribution in [1.82, 2.24) is 0 Å². The van der Waals surface area contributed by atoms with E-state index in [1.165, 1.54) is 0 Å². The zero-order valence-corrected chi connectivity index (χ0v) is 8.02. The molecule has 0 aliphatic heterocycles. The summed E-state index contributed by atoms with van der Waals surface area (Å²) in [6.07, 6.45) is -4.34. The molecule has 0 bridgehead atoms. The summed E-state index contributed by atoms with van der Waals surface area (Å²) in [4.78, 5) is 8.78. The third-order valence-electron chi connectivity index (χ3n) is 2.12. The Kier molecular flexibility index (Phi) is 5.47. The minimum Gasteiger partial charge on any atom is -0.465 e. The number of carboxylic acid groups (broad SMARTS) is 1. The van der Waals surface area contributed by atoms with Crippen LogP contribution < -0.4 is 17.2 Å². The van der Waals surface area contributed by atoms with Crippen molar-refractivity contribution in [2.75, 3.05) is 0 Å². The van der Waals surface area contributed by atoms with Crippen LogP contribution in [0.5, 0.6) is 0 Å². The second-order valence-electron chi connectivity index (χ2n) is 3.37. The average Bonchev–Trinajstić information content (AvgIpc) is 2.11. The molecular weight excluding hydrogens is 206 g/mol. The highest BCUT2D eigenvalue weighted by molar-refractivity contribution is 5.61. The van der Waals surface area contributed by atoms with E-state index >= 15 is 0 Å². The van der Waals surface area contributed by atoms with Gasteiger partial charge in [0.05, 0.1) is 12.2 Å². The van der Waals surface area contributed by atoms with Crippen LogP contribution in [0, 0.1) is 0 Å². The zero-order chi connectivity index (χ0) is 12.2. The average molecular weight is 223 g/mol. The molecule has 8 nitrogen and oxygen atoms in total. The van der Waals surface area contributed by atoms with Crippen LogP contribution in [0.3, 0.4) is 0 Å². The minimum atomic E-state index is -1.33. The molecule has 1 saturated carbocycles. The van der Waals surface area contributed by atoms with Crippen molar-refractivity contribution in [1.29, 1.82) is 0 Å². The lowest BCUT2D eigenvalue weighted by Gasteiger charge is -2.37. The molecule has 1 aliphatic carbocycles. The maximum Gasteiger partial charge on any atom is 0.402 e. The van der Waals surface area contributed by atoms with E-state index in [-0.39, 0.29) is 0 Å². The number of rotatable bonds is 0. The predicted molar refractivity (Wildman–Crippen MR) is 50.8 cm³/mol. The van der Waals surface area contributed by atoms with Gasteiger partial charge in [-0.05, 0) is 6.42 Å². The van der Waals surface area contributed by atoms with Gasteiger partial charge in [-0.3, -0.25) is 0 Å². The number of hydrogen-bond donors (Lipinski definition) is 7. The topological polar surface area (TPSA) is 176 Å². The molecule has 0 aromatic heterocycles. The Labute approximate surface area is 86.3 Å². The SMILES string of the molecule is NC(=O)O.N[C@@H]1C[C@H](N)[C@@H](O)C(O)[C@H]1O. The lowest BCUT2D eigenvalue weighted by atomic mass is 9.85. The summed E-state index contributed by atoms with van der Waals surface area (Å²) >= 11 is 0. The maximum atomic E-state index is 9.14. The second kappa shape index (κ2) is 5.83. The van der Waals surface area contributed by atoms with Crippen LogP contribution >= 0.6 is 0 Å². The van der Waals surface area contributed by atoms with Crippen LogP contribution in [0.2, 0.25) is 0 Å². The van der Waals surface area contributed by atoms with Crippen molar-refractivity contribution in [2.24, 2.45) is 17.2 Å². The van der Waals surface area contributed by atoms with E-state index in [0.29, 0.717) is 6.42 Å². The summed E-state index contributed by atoms with van der Waals surface area (Å²) in [7, 11) is 0. The van der Waals surface area contributed by atoms with E-state index in [2.05, 4.69) is 5.73 Å². The highest BCUT2D eigenvalue weighted by atomic mass is 16.4. The Morgan fingerprint density at radius 1 is 1.00 bits per heavy atom. The maximum absolute atomic E-state index is 9.14. The van der Waals surface area contributed by atoms with Gasteiger partial charge in [0.2, 0.25) is 0 Å². The largest absolute Gasteiger partial charge is 0.465 e. The van der Waals surface area contributed by atoms with Gasteiger partial charge in [0.15, 0.2) is 0 Å². The normalized spacial score (nSPS) is 40.2. The quantitative estimate of drug-likeness (QED) is 0.225. The van der Waals surface area contributed by atoms with E-state index < -0.39 is 36.5 Å². The molecule has 1 amide bonds. The highest BCUT2D eigenvalue weighted by Crippen LogP contribution is 2.17. The summed E-state index contributed by atoms with van der Waals surface area (Å²) in [5.41, 5.74) is 14.9. The second-order valence-corrected chi connectivity index (χ2v) is 3.37. The molecule has 10 N–H and O–H groups in total. The highest BCUT2D eigenvalue weighted by Gasteiger charge is 2.39. The van der Waals surface area contributed by atoms with E-state index in [0.717, 1.165) is 0 Å². The molecular formula is C7H17N3O5. The smallest absolute Gasteiger partial charge is 0.402 e. The van der Waals surface area contributed by atoms with Crippen molar-refractivity contribution in [3.05, 3.63) is 0 Å². The van der Waals surface area contributed by atoms with Crippen molar-refractivity contribution >= 4 is 6.09 Å². The molecule has 8 heteroatoms. The van der Waals surface area contributed by atoms with Gasteiger partial charge >= 0.3 is 6.09 Å². The van der Waals surface area contributed by atoms with Gasteiger partial charge in [0.25, 0.3) is 0 Å². The minimum absolute atomic E-state index is 0.333. The fourth-order valence-corrected chi connectivity index (χ4v) is 1.30. The molecule has 0 spiro atoms. The van der Waals surface area contributed by atoms with Crippen LogP contribution in [-0.4, -0.2) is 56.9 Å². The third kappa shape index (κ3) is 4.40. The van der Waals surface area contributed by atoms with Gasteiger partial charge < -0.3 is 37.6 Å². The molecule has 1 rings (SSSR count). The fourth-order valence-electron chi connectivity index (χ4n) is 1.30. The predicted octanol–water partition coefficient (Wildman–Crippen LogP) is -3.25. The molecule has 1 aliphatic rings. The van der Waals surface area contributed by atoms with Crippen LogP contribution in [0.4, 0.5) is 4.79 Å². The Hall–Kier alpha value is -0.930. The lowest BCUT2D eigenvalue weighted by Crippen LogP contribution is -2.61. The molecule has 1 unspecified atom stereocenters. The van der Waals surface area contributed by atoms with Crippen molar-refractivity contribution in [3.8, 4) is 0 Å². The number of hydrogen-bond acceptors (Lipinski definition) is 6. The molecule has 0 radical (unpaired) electrons. The van der Waals surface area contributed by atoms with Gasteiger partial charge in [-0.1, -0.05) is 0 Å². The first-order valence-electron chi connectivity index (χ1n) is 4.31. The van der Waals surface area contributed by atoms with Gasteiger partial charge in [-0.25, -0.2) is 4.79 Å². The van der Waals surface area contributed by atoms with Gasteiger partial charge in [0, 0.05) is 12.1 Å². The Morgan fingerprint density at radius 2 is 1.27 bits per heavy atom. The first kappa shape index (κ1) is 14.1. The van der Waals surface area contributed by atoms with Crippen LogP contribution in [0.1, 0.15) is 6.42 Å². The molecule has 0 saturated heterocycles. The number of aliphatic hydroxyl groups excluding tert-OH is 3. The van der Waals surface area contributed by atoms with E-state index in [4.69, 9.17) is 36.7 Å². The molecule has 0 aromatic rings. The standard InChI is InChI=1S/C6H14N2O3.CH3NO2/c7-2-1-3(8)5(10)6(11)4(2)9;2-1(3)4/h2-6,9-11H,1,7-8H2;2H2,(H,3,4)/t2-,3+,4+,5-,6?;. The molecule has 1 fully saturated rings. The summed E-state index contributed by atoms with van der Waals surface area (Å²) in [5, 5.41) is 34.6. The van der Waals surface area contributed by atoms with Crippen LogP contribution in [0.25, 0.3) is 0 Å². The Bertz CT molecular complexity index is 197. The van der Waals surface area contributed by atoms with E-state index in [9.17, 15) is 0 Å². The number of amides is 1. The van der Waals surface area contributed by atoms with Gasteiger partial charge in [-0.15, -0.1) is 0 Å². The van der Waals surface area contributed by atoms with Crippen LogP contribution in [-0.2, 0) is 0 Å². The van der Waals surface area contributed by atoms with Crippen LogP contribution in [0.15, 0.2) is 0 Å². The van der Waals surface area contributed by atoms with Crippen molar-refractivity contribution < 1.29 is 25.2 Å². The summed E-state index contributed by atoms with van der Waals surface area (Å²) in [5.74, 6) is 0. The molecule has 5 atom stereocenters. The van der Waals surface area contributed by atoms with E-state index in [1.54, 1.807) is 0 Å². The Balaban J connectivity index is 0.000000423. The number of aliphatic hydroxyl groups is 3. The van der Waals surface area contributed by atoms with Crippen molar-refractivity contribution in [2.45, 2.75) is 36.8 Å². The lowest BCUT2D eigenvalue weighted by molar-refractivity contribution is -0.100. The first-order valence-corrected chi connectivity index (χ1v) is 4.31. The number of carbonyl (C=O) groups is 1. The molecule has 90 valence electrons. The van der Waals surface area contributed by atoms with Gasteiger partial charge in [-0.2, -0.15) is 0 Å². The summed E-state index contributed by atoms with van der Waals surface area (Å²) in [6.45, 7) is 0. The first-order chi connectivity index (χ1) is 6.77. The molecule has 15 heavy (non-hydrogen) atoms. The number of nitrogens with two attached hydrogens (primary N) is 3. The monoisotopic (exact) mass is 223 g/mol. The summed E-state index contributed by atoms with van der Waals surface area (Å²) < 4.78 is 0. The molecule has 0 heterocycles. The van der Waals surface area contributed by atoms with Crippen molar-refractivity contribution in [3.63, 3.8) is 0 Å². The zero-order valence-electron chi connectivity index (χ0n) is 8.02. The number of primary amides is 1. The summed E-state index contributed by atoms with van der Waals surface area (Å²) in [6, 6.07) is -1.08.